The molecular weight excluding hydrogens is 186 g/mol. The monoisotopic (exact) mass is 199 g/mol. The van der Waals surface area contributed by atoms with Crippen molar-refractivity contribution in [2.45, 2.75) is 13.5 Å². The predicted octanol–water partition coefficient (Wildman–Crippen LogP) is 2.55. The third-order valence-electron chi connectivity index (χ3n) is 2.29. The van der Waals surface area contributed by atoms with Crippen molar-refractivity contribution in [1.82, 2.24) is 4.98 Å². The summed E-state index contributed by atoms with van der Waals surface area (Å²) in [6.45, 7) is 2.04. The predicted molar refractivity (Wildman–Crippen MR) is 60.3 cm³/mol. The second-order valence-electron chi connectivity index (χ2n) is 3.52. The minimum atomic E-state index is 0.0691. The zero-order valence-corrected chi connectivity index (χ0v) is 8.64. The summed E-state index contributed by atoms with van der Waals surface area (Å²) in [5, 5.41) is 9.04. The molecule has 76 valence electrons. The molecule has 0 bridgehead atoms. The molecule has 2 heteroatoms. The minimum absolute atomic E-state index is 0.0691. The van der Waals surface area contributed by atoms with Gasteiger partial charge in [-0.15, -0.1) is 0 Å². The van der Waals surface area contributed by atoms with Gasteiger partial charge in [-0.1, -0.05) is 24.3 Å². The van der Waals surface area contributed by atoms with Gasteiger partial charge in [0.15, 0.2) is 0 Å². The Kier molecular flexibility index (Phi) is 2.79. The van der Waals surface area contributed by atoms with Crippen LogP contribution >= 0.6 is 0 Å². The highest BCUT2D eigenvalue weighted by molar-refractivity contribution is 5.59. The van der Waals surface area contributed by atoms with Crippen molar-refractivity contribution in [2.24, 2.45) is 0 Å². The fraction of sp³-hybridized carbons (Fsp3) is 0.154. The quantitative estimate of drug-likeness (QED) is 0.806. The molecule has 15 heavy (non-hydrogen) atoms. The molecule has 0 atom stereocenters. The van der Waals surface area contributed by atoms with Gasteiger partial charge in [0, 0.05) is 11.3 Å². The highest BCUT2D eigenvalue weighted by Gasteiger charge is 1.99. The van der Waals surface area contributed by atoms with Crippen LogP contribution in [0.4, 0.5) is 0 Å². The van der Waals surface area contributed by atoms with Gasteiger partial charge in [-0.3, -0.25) is 4.98 Å². The van der Waals surface area contributed by atoms with E-state index in [4.69, 9.17) is 5.11 Å². The number of rotatable bonds is 2. The van der Waals surface area contributed by atoms with E-state index in [-0.39, 0.29) is 6.61 Å². The SMILES string of the molecule is Cc1cccc(-c2cccc(CO)c2)n1. The average molecular weight is 199 g/mol. The van der Waals surface area contributed by atoms with Crippen LogP contribution in [0.5, 0.6) is 0 Å². The third kappa shape index (κ3) is 2.22. The van der Waals surface area contributed by atoms with Gasteiger partial charge in [-0.25, -0.2) is 0 Å². The van der Waals surface area contributed by atoms with Gasteiger partial charge in [-0.05, 0) is 30.7 Å². The number of aromatic nitrogens is 1. The van der Waals surface area contributed by atoms with Gasteiger partial charge in [-0.2, -0.15) is 0 Å². The molecule has 0 fully saturated rings. The van der Waals surface area contributed by atoms with Gasteiger partial charge in [0.25, 0.3) is 0 Å². The average Bonchev–Trinajstić information content (AvgIpc) is 2.29. The van der Waals surface area contributed by atoms with Crippen LogP contribution in [-0.4, -0.2) is 10.1 Å². The zero-order valence-electron chi connectivity index (χ0n) is 8.64. The van der Waals surface area contributed by atoms with Crippen molar-refractivity contribution in [1.29, 1.82) is 0 Å². The fourth-order valence-electron chi connectivity index (χ4n) is 1.53. The van der Waals surface area contributed by atoms with E-state index in [0.717, 1.165) is 22.5 Å². The zero-order chi connectivity index (χ0) is 10.7. The van der Waals surface area contributed by atoms with Crippen LogP contribution in [0.15, 0.2) is 42.5 Å². The highest BCUT2D eigenvalue weighted by atomic mass is 16.3. The van der Waals surface area contributed by atoms with Crippen LogP contribution in [-0.2, 0) is 6.61 Å². The van der Waals surface area contributed by atoms with Gasteiger partial charge in [0.1, 0.15) is 0 Å². The van der Waals surface area contributed by atoms with E-state index >= 15 is 0 Å². The number of aliphatic hydroxyl groups excluding tert-OH is 1. The van der Waals surface area contributed by atoms with E-state index in [9.17, 15) is 0 Å². The molecule has 0 saturated heterocycles. The largest absolute Gasteiger partial charge is 0.392 e. The van der Waals surface area contributed by atoms with E-state index in [1.54, 1.807) is 0 Å². The van der Waals surface area contributed by atoms with Gasteiger partial charge in [0.2, 0.25) is 0 Å². The second kappa shape index (κ2) is 4.24. The van der Waals surface area contributed by atoms with Gasteiger partial charge >= 0.3 is 0 Å². The maximum Gasteiger partial charge on any atom is 0.0705 e. The molecule has 1 aromatic heterocycles. The van der Waals surface area contributed by atoms with Crippen molar-refractivity contribution in [3.05, 3.63) is 53.7 Å². The Hall–Kier alpha value is -1.67. The Morgan fingerprint density at radius 2 is 1.93 bits per heavy atom. The van der Waals surface area contributed by atoms with E-state index in [0.29, 0.717) is 0 Å². The molecule has 2 nitrogen and oxygen atoms in total. The van der Waals surface area contributed by atoms with Crippen LogP contribution in [0.25, 0.3) is 11.3 Å². The van der Waals surface area contributed by atoms with Crippen LogP contribution in [0.2, 0.25) is 0 Å². The van der Waals surface area contributed by atoms with Crippen molar-refractivity contribution >= 4 is 0 Å². The summed E-state index contributed by atoms with van der Waals surface area (Å²) in [5.41, 5.74) is 3.91. The Labute approximate surface area is 89.2 Å². The number of nitrogens with zero attached hydrogens (tertiary/aromatic N) is 1. The lowest BCUT2D eigenvalue weighted by Gasteiger charge is -2.03. The van der Waals surface area contributed by atoms with Crippen molar-refractivity contribution in [3.8, 4) is 11.3 Å². The molecule has 0 spiro atoms. The third-order valence-corrected chi connectivity index (χ3v) is 2.29. The number of pyridine rings is 1. The highest BCUT2D eigenvalue weighted by Crippen LogP contribution is 2.18. The van der Waals surface area contributed by atoms with Crippen LogP contribution in [0.1, 0.15) is 11.3 Å². The number of aryl methyl sites for hydroxylation is 1. The molecule has 1 aromatic carbocycles. The summed E-state index contributed by atoms with van der Waals surface area (Å²) in [6, 6.07) is 13.7. The number of hydrogen-bond donors (Lipinski definition) is 1. The van der Waals surface area contributed by atoms with Crippen LogP contribution < -0.4 is 0 Å². The minimum Gasteiger partial charge on any atom is -0.392 e. The Balaban J connectivity index is 2.44. The Morgan fingerprint density at radius 3 is 2.67 bits per heavy atom. The topological polar surface area (TPSA) is 33.1 Å². The second-order valence-corrected chi connectivity index (χ2v) is 3.52. The lowest BCUT2D eigenvalue weighted by molar-refractivity contribution is 0.282. The van der Waals surface area contributed by atoms with Crippen molar-refractivity contribution in [3.63, 3.8) is 0 Å². The molecule has 0 aliphatic heterocycles. The summed E-state index contributed by atoms with van der Waals surface area (Å²) in [4.78, 5) is 4.44. The molecular formula is C13H13NO. The summed E-state index contributed by atoms with van der Waals surface area (Å²) < 4.78 is 0. The molecule has 1 N–H and O–H groups in total. The first-order valence-electron chi connectivity index (χ1n) is 4.93. The van der Waals surface area contributed by atoms with E-state index in [1.165, 1.54) is 0 Å². The van der Waals surface area contributed by atoms with Gasteiger partial charge < -0.3 is 5.11 Å². The van der Waals surface area contributed by atoms with E-state index in [1.807, 2.05) is 49.4 Å². The molecule has 0 saturated carbocycles. The molecule has 0 amide bonds. The molecule has 2 rings (SSSR count). The Morgan fingerprint density at radius 1 is 1.13 bits per heavy atom. The molecule has 0 unspecified atom stereocenters. The van der Waals surface area contributed by atoms with Crippen LogP contribution in [0, 0.1) is 6.92 Å². The number of aliphatic hydroxyl groups is 1. The summed E-state index contributed by atoms with van der Waals surface area (Å²) in [7, 11) is 0. The summed E-state index contributed by atoms with van der Waals surface area (Å²) >= 11 is 0. The Bertz CT molecular complexity index is 466. The first-order valence-corrected chi connectivity index (χ1v) is 4.93. The van der Waals surface area contributed by atoms with E-state index in [2.05, 4.69) is 4.98 Å². The molecule has 0 aliphatic carbocycles. The number of hydrogen-bond acceptors (Lipinski definition) is 2. The summed E-state index contributed by atoms with van der Waals surface area (Å²) in [5.74, 6) is 0. The first kappa shape index (κ1) is 9.87. The van der Waals surface area contributed by atoms with E-state index < -0.39 is 0 Å². The molecule has 0 radical (unpaired) electrons. The smallest absolute Gasteiger partial charge is 0.0705 e. The van der Waals surface area contributed by atoms with Gasteiger partial charge in [0.05, 0.1) is 12.3 Å². The number of benzene rings is 1. The lowest BCUT2D eigenvalue weighted by Crippen LogP contribution is -1.88. The molecule has 2 aromatic rings. The van der Waals surface area contributed by atoms with Crippen molar-refractivity contribution < 1.29 is 5.11 Å². The maximum atomic E-state index is 9.04. The lowest BCUT2D eigenvalue weighted by atomic mass is 10.1. The summed E-state index contributed by atoms with van der Waals surface area (Å²) in [6.07, 6.45) is 0. The molecule has 0 aliphatic rings. The molecule has 1 heterocycles. The van der Waals surface area contributed by atoms with Crippen molar-refractivity contribution in [2.75, 3.05) is 0 Å². The normalized spacial score (nSPS) is 10.3. The fourth-order valence-corrected chi connectivity index (χ4v) is 1.53. The maximum absolute atomic E-state index is 9.04. The van der Waals surface area contributed by atoms with Crippen LogP contribution in [0.3, 0.4) is 0 Å². The first-order chi connectivity index (χ1) is 7.29. The standard InChI is InChI=1S/C13H13NO/c1-10-4-2-7-13(14-10)12-6-3-5-11(8-12)9-15/h2-8,15H,9H2,1H3.